The Hall–Kier alpha value is -2.75. The van der Waals surface area contributed by atoms with E-state index < -0.39 is 0 Å². The number of aromatic nitrogens is 2. The molecular formula is C31H45N2O2+. The van der Waals surface area contributed by atoms with Crippen molar-refractivity contribution in [1.82, 2.24) is 4.57 Å². The van der Waals surface area contributed by atoms with E-state index in [0.717, 1.165) is 22.5 Å². The standard InChI is InChI=1S/C31H44N2O2/c1-28(2,3)20-15-22(30(7,8)9)26(34)24(17-20)32-13-14-33(19-32)25-18-21(29(4,5)6)16-23(27(25)35)31(10,11)12/h13-19H,1-12H3,(H-,34,35)/p+1. The lowest BCUT2D eigenvalue weighted by Gasteiger charge is -2.26. The Kier molecular flexibility index (Phi) is 6.46. The van der Waals surface area contributed by atoms with E-state index in [1.807, 2.05) is 27.9 Å². The van der Waals surface area contributed by atoms with E-state index >= 15 is 0 Å². The van der Waals surface area contributed by atoms with E-state index in [-0.39, 0.29) is 33.2 Å². The Morgan fingerprint density at radius 1 is 0.600 bits per heavy atom. The van der Waals surface area contributed by atoms with Crippen molar-refractivity contribution < 1.29 is 14.8 Å². The number of rotatable bonds is 2. The Bertz CT molecular complexity index is 1140. The molecule has 1 aromatic heterocycles. The van der Waals surface area contributed by atoms with Crippen LogP contribution in [0, 0.1) is 0 Å². The molecule has 0 spiro atoms. The first kappa shape index (κ1) is 26.8. The maximum Gasteiger partial charge on any atom is 0.254 e. The highest BCUT2D eigenvalue weighted by Crippen LogP contribution is 2.40. The van der Waals surface area contributed by atoms with Crippen LogP contribution in [0.3, 0.4) is 0 Å². The van der Waals surface area contributed by atoms with Crippen molar-refractivity contribution in [1.29, 1.82) is 0 Å². The quantitative estimate of drug-likeness (QED) is 0.379. The van der Waals surface area contributed by atoms with Crippen LogP contribution >= 0.6 is 0 Å². The highest BCUT2D eigenvalue weighted by Gasteiger charge is 2.30. The molecule has 0 aliphatic heterocycles. The Labute approximate surface area is 212 Å². The van der Waals surface area contributed by atoms with E-state index in [9.17, 15) is 10.2 Å². The van der Waals surface area contributed by atoms with Crippen LogP contribution in [0.2, 0.25) is 0 Å². The fourth-order valence-electron chi connectivity index (χ4n) is 4.28. The van der Waals surface area contributed by atoms with Gasteiger partial charge < -0.3 is 10.2 Å². The predicted octanol–water partition coefficient (Wildman–Crippen LogP) is 7.36. The summed E-state index contributed by atoms with van der Waals surface area (Å²) in [4.78, 5) is 0. The molecule has 0 fully saturated rings. The van der Waals surface area contributed by atoms with Gasteiger partial charge in [0, 0.05) is 11.1 Å². The normalized spacial score (nSPS) is 13.4. The predicted molar refractivity (Wildman–Crippen MR) is 145 cm³/mol. The number of aromatic hydroxyl groups is 2. The van der Waals surface area contributed by atoms with Crippen molar-refractivity contribution >= 4 is 0 Å². The number of imidazole rings is 1. The topological polar surface area (TPSA) is 49.3 Å². The molecule has 35 heavy (non-hydrogen) atoms. The first-order valence-electron chi connectivity index (χ1n) is 12.6. The fourth-order valence-corrected chi connectivity index (χ4v) is 4.28. The number of benzene rings is 2. The highest BCUT2D eigenvalue weighted by molar-refractivity contribution is 5.57. The number of hydrogen-bond donors (Lipinski definition) is 2. The minimum absolute atomic E-state index is 0.0630. The summed E-state index contributed by atoms with van der Waals surface area (Å²) < 4.78 is 3.89. The maximum absolute atomic E-state index is 11.3. The molecule has 4 nitrogen and oxygen atoms in total. The molecule has 0 aliphatic carbocycles. The van der Waals surface area contributed by atoms with Crippen LogP contribution in [0.25, 0.3) is 11.4 Å². The van der Waals surface area contributed by atoms with Crippen molar-refractivity contribution in [2.45, 2.75) is 105 Å². The number of hydrogen-bond acceptors (Lipinski definition) is 2. The van der Waals surface area contributed by atoms with Crippen LogP contribution in [0.5, 0.6) is 11.5 Å². The lowest BCUT2D eigenvalue weighted by Crippen LogP contribution is -2.30. The molecule has 4 heteroatoms. The molecule has 0 saturated heterocycles. The largest absolute Gasteiger partial charge is 0.504 e. The smallest absolute Gasteiger partial charge is 0.254 e. The summed E-state index contributed by atoms with van der Waals surface area (Å²) in [5.41, 5.74) is 5.13. The molecule has 0 unspecified atom stereocenters. The van der Waals surface area contributed by atoms with Gasteiger partial charge in [0.2, 0.25) is 0 Å². The summed E-state index contributed by atoms with van der Waals surface area (Å²) in [5.74, 6) is 0.576. The minimum atomic E-state index is -0.204. The van der Waals surface area contributed by atoms with Gasteiger partial charge in [0.15, 0.2) is 22.9 Å². The maximum atomic E-state index is 11.3. The summed E-state index contributed by atoms with van der Waals surface area (Å²) in [7, 11) is 0. The zero-order chi connectivity index (χ0) is 26.7. The van der Waals surface area contributed by atoms with Gasteiger partial charge in [-0.2, -0.15) is 9.13 Å². The Morgan fingerprint density at radius 3 is 1.51 bits per heavy atom. The SMILES string of the molecule is CC(C)(C)c1cc(-n2cc[n+](-c3cc(C(C)(C)C)cc(C(C)(C)C)c3O)c2)c(O)c(C(C)(C)C)c1. The second-order valence-corrected chi connectivity index (χ2v) is 14.0. The summed E-state index contributed by atoms with van der Waals surface area (Å²) in [6, 6.07) is 8.40. The molecule has 0 bridgehead atoms. The third-order valence-electron chi connectivity index (χ3n) is 6.72. The number of phenolic OH excluding ortho intramolecular Hbond substituents is 2. The summed E-state index contributed by atoms with van der Waals surface area (Å²) >= 11 is 0. The van der Waals surface area contributed by atoms with E-state index in [1.54, 1.807) is 0 Å². The molecule has 3 aromatic rings. The molecular weight excluding hydrogens is 432 g/mol. The summed E-state index contributed by atoms with van der Waals surface area (Å²) in [6.45, 7) is 25.9. The second-order valence-electron chi connectivity index (χ2n) is 14.0. The molecule has 0 saturated carbocycles. The Balaban J connectivity index is 2.26. The van der Waals surface area contributed by atoms with Crippen LogP contribution in [-0.2, 0) is 21.7 Å². The first-order valence-corrected chi connectivity index (χ1v) is 12.6. The zero-order valence-corrected chi connectivity index (χ0v) is 23.8. The summed E-state index contributed by atoms with van der Waals surface area (Å²) in [6.07, 6.45) is 5.81. The molecule has 0 aliphatic rings. The van der Waals surface area contributed by atoms with E-state index in [4.69, 9.17) is 0 Å². The van der Waals surface area contributed by atoms with Gasteiger partial charge in [-0.05, 0) is 44.9 Å². The molecule has 0 radical (unpaired) electrons. The van der Waals surface area contributed by atoms with Crippen molar-refractivity contribution in [2.24, 2.45) is 0 Å². The average Bonchev–Trinajstić information content (AvgIpc) is 3.14. The third kappa shape index (κ3) is 5.42. The average molecular weight is 478 g/mol. The van der Waals surface area contributed by atoms with E-state index in [1.165, 1.54) is 11.1 Å². The van der Waals surface area contributed by atoms with Crippen LogP contribution in [0.1, 0.15) is 105 Å². The highest BCUT2D eigenvalue weighted by atomic mass is 16.3. The van der Waals surface area contributed by atoms with Gasteiger partial charge in [-0.15, -0.1) is 0 Å². The van der Waals surface area contributed by atoms with Gasteiger partial charge in [0.05, 0.1) is 0 Å². The summed E-state index contributed by atoms with van der Waals surface area (Å²) in [5, 5.41) is 22.6. The van der Waals surface area contributed by atoms with Crippen LogP contribution in [0.15, 0.2) is 43.0 Å². The van der Waals surface area contributed by atoms with Crippen molar-refractivity contribution in [3.05, 3.63) is 65.2 Å². The van der Waals surface area contributed by atoms with Crippen LogP contribution in [0.4, 0.5) is 0 Å². The monoisotopic (exact) mass is 477 g/mol. The molecule has 2 N–H and O–H groups in total. The van der Waals surface area contributed by atoms with Crippen molar-refractivity contribution in [3.63, 3.8) is 0 Å². The van der Waals surface area contributed by atoms with E-state index in [2.05, 4.69) is 107 Å². The minimum Gasteiger partial charge on any atom is -0.504 e. The molecule has 190 valence electrons. The molecule has 3 rings (SSSR count). The molecule has 1 heterocycles. The van der Waals surface area contributed by atoms with E-state index in [0.29, 0.717) is 0 Å². The van der Waals surface area contributed by atoms with Gasteiger partial charge in [-0.3, -0.25) is 0 Å². The Morgan fingerprint density at radius 2 is 1.06 bits per heavy atom. The fraction of sp³-hybridized carbons (Fsp3) is 0.516. The second kappa shape index (κ2) is 8.43. The molecule has 0 atom stereocenters. The van der Waals surface area contributed by atoms with Crippen LogP contribution in [-0.4, -0.2) is 14.8 Å². The number of nitrogens with zero attached hydrogens (tertiary/aromatic N) is 2. The molecule has 2 aromatic carbocycles. The lowest BCUT2D eigenvalue weighted by molar-refractivity contribution is -0.595. The van der Waals surface area contributed by atoms with Gasteiger partial charge in [-0.25, -0.2) is 0 Å². The lowest BCUT2D eigenvalue weighted by atomic mass is 9.79. The van der Waals surface area contributed by atoms with Gasteiger partial charge in [-0.1, -0.05) is 95.2 Å². The first-order chi connectivity index (χ1) is 15.7. The number of phenols is 2. The van der Waals surface area contributed by atoms with Crippen molar-refractivity contribution in [2.75, 3.05) is 0 Å². The van der Waals surface area contributed by atoms with Gasteiger partial charge in [0.1, 0.15) is 12.4 Å². The van der Waals surface area contributed by atoms with Gasteiger partial charge in [0.25, 0.3) is 6.33 Å². The molecule has 0 amide bonds. The third-order valence-corrected chi connectivity index (χ3v) is 6.72. The zero-order valence-electron chi connectivity index (χ0n) is 23.8. The van der Waals surface area contributed by atoms with Crippen LogP contribution < -0.4 is 4.57 Å². The van der Waals surface area contributed by atoms with Gasteiger partial charge >= 0.3 is 0 Å². The van der Waals surface area contributed by atoms with Crippen molar-refractivity contribution in [3.8, 4) is 22.9 Å².